The van der Waals surface area contributed by atoms with Crippen LogP contribution in [0, 0.1) is 29.1 Å². The molecule has 0 amide bonds. The molecule has 1 heterocycles. The molecule has 0 aromatic carbocycles. The lowest BCUT2D eigenvalue weighted by atomic mass is 9.50. The Bertz CT molecular complexity index is 860. The first-order chi connectivity index (χ1) is 14.7. The Morgan fingerprint density at radius 2 is 1.90 bits per heavy atom. The predicted octanol–water partition coefficient (Wildman–Crippen LogP) is 4.29. The SMILES string of the molecule is COC(=O)/C=C1/O[C@](C)(OC)O[C@@]12CC[C@H]1[C@@H]3CCC4=CC(=O)CC[C@@H]4[C@H]3CC[C@@]12C. The summed E-state index contributed by atoms with van der Waals surface area (Å²) in [7, 11) is 2.95. The maximum Gasteiger partial charge on any atom is 0.333 e. The summed E-state index contributed by atoms with van der Waals surface area (Å²) < 4.78 is 23.2. The van der Waals surface area contributed by atoms with Crippen molar-refractivity contribution in [3.63, 3.8) is 0 Å². The summed E-state index contributed by atoms with van der Waals surface area (Å²) in [4.78, 5) is 24.1. The molecule has 4 aliphatic carbocycles. The number of rotatable bonds is 2. The van der Waals surface area contributed by atoms with E-state index in [0.29, 0.717) is 41.6 Å². The summed E-state index contributed by atoms with van der Waals surface area (Å²) in [6.07, 6.45) is 11.3. The summed E-state index contributed by atoms with van der Waals surface area (Å²) in [6, 6.07) is 0. The first-order valence-electron chi connectivity index (χ1n) is 11.7. The van der Waals surface area contributed by atoms with Crippen molar-refractivity contribution < 1.29 is 28.5 Å². The maximum atomic E-state index is 12.2. The van der Waals surface area contributed by atoms with Gasteiger partial charge in [0, 0.05) is 25.9 Å². The minimum atomic E-state index is -1.21. The van der Waals surface area contributed by atoms with E-state index in [-0.39, 0.29) is 5.41 Å². The second kappa shape index (κ2) is 7.17. The number of hydrogen-bond acceptors (Lipinski definition) is 6. The molecule has 5 rings (SSSR count). The van der Waals surface area contributed by atoms with Gasteiger partial charge in [-0.2, -0.15) is 0 Å². The van der Waals surface area contributed by atoms with Crippen LogP contribution in [0.25, 0.3) is 0 Å². The topological polar surface area (TPSA) is 71.1 Å². The van der Waals surface area contributed by atoms with Gasteiger partial charge in [0.1, 0.15) is 11.4 Å². The number of hydrogen-bond donors (Lipinski definition) is 0. The molecule has 0 aromatic rings. The van der Waals surface area contributed by atoms with Crippen molar-refractivity contribution in [3.8, 4) is 0 Å². The molecule has 0 radical (unpaired) electrons. The Kier molecular flexibility index (Phi) is 4.91. The molecule has 4 fully saturated rings. The zero-order chi connectivity index (χ0) is 22.0. The number of ether oxygens (including phenoxy) is 4. The van der Waals surface area contributed by atoms with E-state index in [2.05, 4.69) is 6.92 Å². The number of carbonyl (C=O) groups is 2. The van der Waals surface area contributed by atoms with Gasteiger partial charge in [-0.3, -0.25) is 4.79 Å². The van der Waals surface area contributed by atoms with Gasteiger partial charge >= 0.3 is 11.9 Å². The first-order valence-corrected chi connectivity index (χ1v) is 11.7. The zero-order valence-electron chi connectivity index (χ0n) is 19.1. The number of esters is 1. The third-order valence-corrected chi connectivity index (χ3v) is 9.29. The third-order valence-electron chi connectivity index (χ3n) is 9.29. The highest BCUT2D eigenvalue weighted by molar-refractivity contribution is 5.91. The molecule has 31 heavy (non-hydrogen) atoms. The van der Waals surface area contributed by atoms with E-state index in [4.69, 9.17) is 18.9 Å². The van der Waals surface area contributed by atoms with Crippen LogP contribution < -0.4 is 0 Å². The molecular weight excluding hydrogens is 396 g/mol. The Morgan fingerprint density at radius 3 is 2.65 bits per heavy atom. The molecule has 0 bridgehead atoms. The van der Waals surface area contributed by atoms with Crippen molar-refractivity contribution in [1.29, 1.82) is 0 Å². The molecule has 3 saturated carbocycles. The second-order valence-corrected chi connectivity index (χ2v) is 10.4. The van der Waals surface area contributed by atoms with Crippen LogP contribution in [0.1, 0.15) is 65.2 Å². The molecule has 5 aliphatic rings. The predicted molar refractivity (Wildman–Crippen MR) is 113 cm³/mol. The van der Waals surface area contributed by atoms with Crippen molar-refractivity contribution in [2.24, 2.45) is 29.1 Å². The Labute approximate surface area is 184 Å². The fourth-order valence-corrected chi connectivity index (χ4v) is 7.82. The Balaban J connectivity index is 1.50. The highest BCUT2D eigenvalue weighted by Gasteiger charge is 2.70. The van der Waals surface area contributed by atoms with Crippen LogP contribution in [0.3, 0.4) is 0 Å². The standard InChI is InChI=1S/C25H34O6/c1-23-11-9-18-17-8-6-16(26)13-15(17)5-7-19(18)20(23)10-12-25(23)21(14-22(27)28-3)30-24(2,29-4)31-25/h13-14,17-20H,5-12H2,1-4H3/b21-14+/t17-,18+,19+,20-,23-,24-,25-/m0/s1. The van der Waals surface area contributed by atoms with Gasteiger partial charge in [0.05, 0.1) is 13.2 Å². The van der Waals surface area contributed by atoms with Crippen LogP contribution >= 0.6 is 0 Å². The van der Waals surface area contributed by atoms with E-state index in [0.717, 1.165) is 44.9 Å². The molecule has 6 heteroatoms. The largest absolute Gasteiger partial charge is 0.466 e. The average Bonchev–Trinajstić information content (AvgIpc) is 3.22. The fourth-order valence-electron chi connectivity index (χ4n) is 7.82. The number of allylic oxidation sites excluding steroid dienone is 1. The number of ketones is 1. The van der Waals surface area contributed by atoms with E-state index < -0.39 is 17.5 Å². The number of methoxy groups -OCH3 is 2. The number of carbonyl (C=O) groups excluding carboxylic acids is 2. The summed E-state index contributed by atoms with van der Waals surface area (Å²) >= 11 is 0. The highest BCUT2D eigenvalue weighted by Crippen LogP contribution is 2.69. The normalized spacial score (nSPS) is 47.4. The third kappa shape index (κ3) is 2.97. The van der Waals surface area contributed by atoms with Gasteiger partial charge < -0.3 is 18.9 Å². The van der Waals surface area contributed by atoms with Gasteiger partial charge in [-0.1, -0.05) is 12.5 Å². The number of fused-ring (bicyclic) bond motifs is 6. The van der Waals surface area contributed by atoms with Gasteiger partial charge in [-0.15, -0.1) is 0 Å². The van der Waals surface area contributed by atoms with Crippen molar-refractivity contribution in [2.75, 3.05) is 14.2 Å². The van der Waals surface area contributed by atoms with Gasteiger partial charge in [0.2, 0.25) is 0 Å². The van der Waals surface area contributed by atoms with Crippen LogP contribution in [0.15, 0.2) is 23.5 Å². The lowest BCUT2D eigenvalue weighted by Gasteiger charge is -2.55. The molecule has 7 atom stereocenters. The molecule has 1 aliphatic heterocycles. The molecule has 0 aromatic heterocycles. The minimum Gasteiger partial charge on any atom is -0.466 e. The van der Waals surface area contributed by atoms with Crippen molar-refractivity contribution in [3.05, 3.63) is 23.5 Å². The summed E-state index contributed by atoms with van der Waals surface area (Å²) in [5.41, 5.74) is 0.573. The molecule has 170 valence electrons. The van der Waals surface area contributed by atoms with Crippen LogP contribution in [0.2, 0.25) is 0 Å². The van der Waals surface area contributed by atoms with Crippen LogP contribution in [0.5, 0.6) is 0 Å². The van der Waals surface area contributed by atoms with Crippen LogP contribution in [-0.2, 0) is 28.5 Å². The highest BCUT2D eigenvalue weighted by atomic mass is 16.9. The molecule has 1 spiro atoms. The summed E-state index contributed by atoms with van der Waals surface area (Å²) in [5, 5.41) is 0. The molecular formula is C25H34O6. The molecule has 0 unspecified atom stereocenters. The molecule has 1 saturated heterocycles. The first kappa shape index (κ1) is 21.2. The van der Waals surface area contributed by atoms with Gasteiger partial charge in [-0.25, -0.2) is 4.79 Å². The van der Waals surface area contributed by atoms with Crippen LogP contribution in [0.4, 0.5) is 0 Å². The summed E-state index contributed by atoms with van der Waals surface area (Å²) in [5.74, 6) is 1.53. The van der Waals surface area contributed by atoms with Crippen molar-refractivity contribution in [1.82, 2.24) is 0 Å². The van der Waals surface area contributed by atoms with Crippen LogP contribution in [-0.4, -0.2) is 37.5 Å². The Morgan fingerprint density at radius 1 is 1.10 bits per heavy atom. The quantitative estimate of drug-likeness (QED) is 0.481. The average molecular weight is 431 g/mol. The maximum absolute atomic E-state index is 12.2. The van der Waals surface area contributed by atoms with Gasteiger partial charge in [-0.05, 0) is 74.7 Å². The van der Waals surface area contributed by atoms with E-state index >= 15 is 0 Å². The summed E-state index contributed by atoms with van der Waals surface area (Å²) in [6.45, 7) is 4.10. The monoisotopic (exact) mass is 430 g/mol. The van der Waals surface area contributed by atoms with E-state index in [9.17, 15) is 9.59 Å². The zero-order valence-corrected chi connectivity index (χ0v) is 19.1. The Hall–Kier alpha value is -1.66. The van der Waals surface area contributed by atoms with E-state index in [1.54, 1.807) is 14.0 Å². The van der Waals surface area contributed by atoms with E-state index in [1.807, 2.05) is 6.08 Å². The van der Waals surface area contributed by atoms with Crippen molar-refractivity contribution >= 4 is 11.8 Å². The lowest BCUT2D eigenvalue weighted by molar-refractivity contribution is -0.331. The molecule has 6 nitrogen and oxygen atoms in total. The lowest BCUT2D eigenvalue weighted by Crippen LogP contribution is -2.54. The fraction of sp³-hybridized carbons (Fsp3) is 0.760. The minimum absolute atomic E-state index is 0.143. The van der Waals surface area contributed by atoms with Gasteiger partial charge in [0.15, 0.2) is 5.78 Å². The van der Waals surface area contributed by atoms with Gasteiger partial charge in [0.25, 0.3) is 0 Å². The second-order valence-electron chi connectivity index (χ2n) is 10.4. The van der Waals surface area contributed by atoms with E-state index in [1.165, 1.54) is 18.8 Å². The molecule has 0 N–H and O–H groups in total. The smallest absolute Gasteiger partial charge is 0.333 e. The van der Waals surface area contributed by atoms with Crippen molar-refractivity contribution in [2.45, 2.75) is 76.8 Å².